The molecular formula is C28H26FN5O3S. The van der Waals surface area contributed by atoms with E-state index in [1.165, 1.54) is 23.9 Å². The number of hydrogen-bond donors (Lipinski definition) is 1. The van der Waals surface area contributed by atoms with E-state index in [0.717, 1.165) is 11.3 Å². The molecule has 0 bridgehead atoms. The second-order valence-corrected chi connectivity index (χ2v) is 9.72. The molecule has 1 N–H and O–H groups in total. The fourth-order valence-electron chi connectivity index (χ4n) is 4.19. The molecule has 10 heteroatoms. The van der Waals surface area contributed by atoms with E-state index in [0.29, 0.717) is 55.0 Å². The van der Waals surface area contributed by atoms with E-state index in [2.05, 4.69) is 20.4 Å². The van der Waals surface area contributed by atoms with Crippen LogP contribution in [0, 0.1) is 5.82 Å². The van der Waals surface area contributed by atoms with Crippen molar-refractivity contribution in [3.8, 4) is 0 Å². The van der Waals surface area contributed by atoms with Crippen LogP contribution in [0.4, 0.5) is 15.8 Å². The minimum atomic E-state index is -0.414. The molecule has 8 nitrogen and oxygen atoms in total. The van der Waals surface area contributed by atoms with E-state index < -0.39 is 5.82 Å². The largest absolute Gasteiger partial charge is 0.416 e. The first-order valence-corrected chi connectivity index (χ1v) is 13.2. The highest BCUT2D eigenvalue weighted by atomic mass is 32.2. The summed E-state index contributed by atoms with van der Waals surface area (Å²) in [5.74, 6) is -0.0875. The molecule has 0 aliphatic carbocycles. The highest BCUT2D eigenvalue weighted by molar-refractivity contribution is 7.99. The molecule has 5 rings (SSSR count). The van der Waals surface area contributed by atoms with Gasteiger partial charge in [-0.15, -0.1) is 10.2 Å². The van der Waals surface area contributed by atoms with Crippen LogP contribution in [0.5, 0.6) is 0 Å². The van der Waals surface area contributed by atoms with Crippen molar-refractivity contribution in [3.05, 3.63) is 102 Å². The Morgan fingerprint density at radius 2 is 1.68 bits per heavy atom. The van der Waals surface area contributed by atoms with Crippen LogP contribution >= 0.6 is 11.8 Å². The predicted molar refractivity (Wildman–Crippen MR) is 144 cm³/mol. The minimum Gasteiger partial charge on any atom is -0.416 e. The van der Waals surface area contributed by atoms with Gasteiger partial charge in [-0.05, 0) is 48.0 Å². The Labute approximate surface area is 223 Å². The number of amides is 2. The summed E-state index contributed by atoms with van der Waals surface area (Å²) in [6.07, 6.45) is 0.547. The van der Waals surface area contributed by atoms with Gasteiger partial charge >= 0.3 is 0 Å². The SMILES string of the molecule is O=C(CSc1nnc(Cc2ccccc2)o1)Nc1ccc(N2CCN(C(=O)c3cccc(F)c3)CC2)cc1. The lowest BCUT2D eigenvalue weighted by Crippen LogP contribution is -2.48. The summed E-state index contributed by atoms with van der Waals surface area (Å²) in [5.41, 5.74) is 3.14. The van der Waals surface area contributed by atoms with Crippen LogP contribution in [-0.2, 0) is 11.2 Å². The Morgan fingerprint density at radius 1 is 0.921 bits per heavy atom. The molecule has 1 saturated heterocycles. The zero-order valence-corrected chi connectivity index (χ0v) is 21.4. The Balaban J connectivity index is 1.07. The molecule has 3 aromatic carbocycles. The van der Waals surface area contributed by atoms with Crippen LogP contribution in [0.3, 0.4) is 0 Å². The van der Waals surface area contributed by atoms with Crippen LogP contribution in [0.1, 0.15) is 21.8 Å². The second-order valence-electron chi connectivity index (χ2n) is 8.80. The number of carbonyl (C=O) groups is 2. The lowest BCUT2D eigenvalue weighted by molar-refractivity contribution is -0.113. The van der Waals surface area contributed by atoms with E-state index in [9.17, 15) is 14.0 Å². The maximum Gasteiger partial charge on any atom is 0.277 e. The van der Waals surface area contributed by atoms with Crippen LogP contribution in [0.15, 0.2) is 88.5 Å². The van der Waals surface area contributed by atoms with Crippen molar-refractivity contribution in [3.63, 3.8) is 0 Å². The number of rotatable bonds is 8. The summed E-state index contributed by atoms with van der Waals surface area (Å²) in [7, 11) is 0. The number of benzene rings is 3. The fraction of sp³-hybridized carbons (Fsp3) is 0.214. The summed E-state index contributed by atoms with van der Waals surface area (Å²) in [4.78, 5) is 29.0. The van der Waals surface area contributed by atoms with Crippen molar-refractivity contribution >= 4 is 35.0 Å². The Kier molecular flexibility index (Phi) is 7.98. The molecule has 38 heavy (non-hydrogen) atoms. The van der Waals surface area contributed by atoms with Gasteiger partial charge in [-0.1, -0.05) is 48.2 Å². The number of nitrogens with zero attached hydrogens (tertiary/aromatic N) is 4. The summed E-state index contributed by atoms with van der Waals surface area (Å²) in [6, 6.07) is 23.2. The van der Waals surface area contributed by atoms with E-state index in [1.54, 1.807) is 17.0 Å². The number of anilines is 2. The number of thioether (sulfide) groups is 1. The molecule has 0 atom stereocenters. The average Bonchev–Trinajstić information content (AvgIpc) is 3.40. The fourth-order valence-corrected chi connectivity index (χ4v) is 4.77. The quantitative estimate of drug-likeness (QED) is 0.335. The lowest BCUT2D eigenvalue weighted by Gasteiger charge is -2.36. The standard InChI is InChI=1S/C28H26FN5O3S/c29-22-8-4-7-21(18-22)27(36)34-15-13-33(14-16-34)24-11-9-23(10-12-24)30-25(35)19-38-28-32-31-26(37-28)17-20-5-2-1-3-6-20/h1-12,18H,13-17,19H2,(H,30,35). The van der Waals surface area contributed by atoms with Gasteiger partial charge in [-0.3, -0.25) is 9.59 Å². The molecule has 0 spiro atoms. The third kappa shape index (κ3) is 6.57. The normalized spacial score (nSPS) is 13.4. The van der Waals surface area contributed by atoms with E-state index in [4.69, 9.17) is 4.42 Å². The van der Waals surface area contributed by atoms with Crippen molar-refractivity contribution in [2.24, 2.45) is 0 Å². The zero-order valence-electron chi connectivity index (χ0n) is 20.5. The summed E-state index contributed by atoms with van der Waals surface area (Å²) in [6.45, 7) is 2.43. The average molecular weight is 532 g/mol. The van der Waals surface area contributed by atoms with Crippen molar-refractivity contribution in [1.29, 1.82) is 0 Å². The summed E-state index contributed by atoms with van der Waals surface area (Å²) >= 11 is 1.19. The number of aromatic nitrogens is 2. The molecule has 1 aliphatic heterocycles. The first-order valence-electron chi connectivity index (χ1n) is 12.2. The maximum absolute atomic E-state index is 13.5. The van der Waals surface area contributed by atoms with Crippen molar-refractivity contribution < 1.29 is 18.4 Å². The van der Waals surface area contributed by atoms with Gasteiger partial charge in [0.2, 0.25) is 11.8 Å². The minimum absolute atomic E-state index is 0.149. The van der Waals surface area contributed by atoms with Crippen LogP contribution in [0.25, 0.3) is 0 Å². The van der Waals surface area contributed by atoms with E-state index in [1.807, 2.05) is 54.6 Å². The molecule has 0 saturated carbocycles. The highest BCUT2D eigenvalue weighted by Crippen LogP contribution is 2.22. The predicted octanol–water partition coefficient (Wildman–Crippen LogP) is 4.49. The molecule has 1 fully saturated rings. The topological polar surface area (TPSA) is 91.6 Å². The monoisotopic (exact) mass is 531 g/mol. The Morgan fingerprint density at radius 3 is 2.42 bits per heavy atom. The number of carbonyl (C=O) groups excluding carboxylic acids is 2. The molecule has 4 aromatic rings. The molecule has 194 valence electrons. The number of piperazine rings is 1. The third-order valence-corrected chi connectivity index (χ3v) is 6.95. The van der Waals surface area contributed by atoms with Gasteiger partial charge < -0.3 is 19.5 Å². The first kappa shape index (κ1) is 25.5. The van der Waals surface area contributed by atoms with Gasteiger partial charge in [0.25, 0.3) is 11.1 Å². The van der Waals surface area contributed by atoms with Gasteiger partial charge in [0, 0.05) is 43.1 Å². The van der Waals surface area contributed by atoms with Gasteiger partial charge in [0.15, 0.2) is 0 Å². The van der Waals surface area contributed by atoms with Gasteiger partial charge in [-0.25, -0.2) is 4.39 Å². The van der Waals surface area contributed by atoms with Crippen LogP contribution < -0.4 is 10.2 Å². The second kappa shape index (κ2) is 11.9. The van der Waals surface area contributed by atoms with E-state index >= 15 is 0 Å². The third-order valence-electron chi connectivity index (χ3n) is 6.13. The van der Waals surface area contributed by atoms with Gasteiger partial charge in [0.1, 0.15) is 5.82 Å². The Hall–Kier alpha value is -4.18. The van der Waals surface area contributed by atoms with Gasteiger partial charge in [0.05, 0.1) is 12.2 Å². The number of hydrogen-bond acceptors (Lipinski definition) is 7. The van der Waals surface area contributed by atoms with Gasteiger partial charge in [-0.2, -0.15) is 0 Å². The first-order chi connectivity index (χ1) is 18.5. The van der Waals surface area contributed by atoms with Crippen molar-refractivity contribution in [2.75, 3.05) is 42.1 Å². The maximum atomic E-state index is 13.5. The Bertz CT molecular complexity index is 1390. The molecular weight excluding hydrogens is 505 g/mol. The molecule has 0 radical (unpaired) electrons. The van der Waals surface area contributed by atoms with E-state index in [-0.39, 0.29) is 17.6 Å². The van der Waals surface area contributed by atoms with Crippen LogP contribution in [0.2, 0.25) is 0 Å². The number of nitrogens with one attached hydrogen (secondary N) is 1. The summed E-state index contributed by atoms with van der Waals surface area (Å²) in [5, 5.41) is 11.3. The molecule has 0 unspecified atom stereocenters. The van der Waals surface area contributed by atoms with Crippen molar-refractivity contribution in [2.45, 2.75) is 11.6 Å². The molecule has 1 aromatic heterocycles. The van der Waals surface area contributed by atoms with Crippen molar-refractivity contribution in [1.82, 2.24) is 15.1 Å². The molecule has 2 heterocycles. The smallest absolute Gasteiger partial charge is 0.277 e. The highest BCUT2D eigenvalue weighted by Gasteiger charge is 2.22. The lowest BCUT2D eigenvalue weighted by atomic mass is 10.1. The summed E-state index contributed by atoms with van der Waals surface area (Å²) < 4.78 is 19.1. The zero-order chi connectivity index (χ0) is 26.3. The molecule has 1 aliphatic rings. The molecule has 2 amide bonds. The number of halogens is 1. The van der Waals surface area contributed by atoms with Crippen LogP contribution in [-0.4, -0.2) is 58.8 Å².